The molecule has 2 rings (SSSR count). The van der Waals surface area contributed by atoms with E-state index in [9.17, 15) is 15.2 Å². The Labute approximate surface area is 177 Å². The summed E-state index contributed by atoms with van der Waals surface area (Å²) in [5.74, 6) is 1.29. The molecule has 1 fully saturated rings. The van der Waals surface area contributed by atoms with E-state index in [1.165, 1.54) is 24.3 Å². The number of nitrogens with zero attached hydrogens (tertiary/aromatic N) is 3. The van der Waals surface area contributed by atoms with Crippen molar-refractivity contribution >= 4 is 35.6 Å². The van der Waals surface area contributed by atoms with Crippen LogP contribution in [0.3, 0.4) is 0 Å². The Morgan fingerprint density at radius 2 is 2.11 bits per heavy atom. The van der Waals surface area contributed by atoms with Crippen LogP contribution in [0.2, 0.25) is 0 Å². The molecule has 0 bridgehead atoms. The number of aliphatic hydroxyl groups is 1. The first-order valence-electron chi connectivity index (χ1n) is 8.89. The molecular formula is C18H29IN4O4. The standard InChI is InChI=1S/C18H28N4O4.HI/c1-4-19-17(21-10-9-18(2,3)13-21)20-11-15(23)12-26-16-7-5-14(6-8-16)22(24)25;/h5-8,15,23H,4,9-13H2,1-3H3,(H,19,20);1H. The van der Waals surface area contributed by atoms with Crippen LogP contribution < -0.4 is 10.1 Å². The molecule has 0 aromatic heterocycles. The van der Waals surface area contributed by atoms with Gasteiger partial charge in [-0.1, -0.05) is 13.8 Å². The Hall–Kier alpha value is -1.62. The second-order valence-corrected chi connectivity index (χ2v) is 7.25. The molecule has 2 N–H and O–H groups in total. The van der Waals surface area contributed by atoms with E-state index in [1.807, 2.05) is 6.92 Å². The van der Waals surface area contributed by atoms with Crippen molar-refractivity contribution in [2.45, 2.75) is 33.3 Å². The molecular weight excluding hydrogens is 463 g/mol. The number of guanidine groups is 1. The first kappa shape index (κ1) is 23.4. The molecule has 1 aliphatic heterocycles. The molecule has 1 atom stereocenters. The number of ether oxygens (including phenoxy) is 1. The van der Waals surface area contributed by atoms with Crippen LogP contribution in [0.4, 0.5) is 5.69 Å². The van der Waals surface area contributed by atoms with Gasteiger partial charge in [0.2, 0.25) is 0 Å². The number of non-ortho nitro benzene ring substituents is 1. The van der Waals surface area contributed by atoms with Gasteiger partial charge in [0.15, 0.2) is 5.96 Å². The van der Waals surface area contributed by atoms with Crippen molar-refractivity contribution in [2.24, 2.45) is 10.4 Å². The summed E-state index contributed by atoms with van der Waals surface area (Å²) in [6.45, 7) is 9.46. The highest BCUT2D eigenvalue weighted by atomic mass is 127. The third-order valence-electron chi connectivity index (χ3n) is 4.25. The molecule has 0 radical (unpaired) electrons. The summed E-state index contributed by atoms with van der Waals surface area (Å²) >= 11 is 0. The zero-order valence-corrected chi connectivity index (χ0v) is 18.4. The fourth-order valence-electron chi connectivity index (χ4n) is 2.82. The highest BCUT2D eigenvalue weighted by molar-refractivity contribution is 14.0. The molecule has 27 heavy (non-hydrogen) atoms. The summed E-state index contributed by atoms with van der Waals surface area (Å²) in [7, 11) is 0. The molecule has 1 aromatic rings. The van der Waals surface area contributed by atoms with Crippen molar-refractivity contribution in [1.82, 2.24) is 10.2 Å². The van der Waals surface area contributed by atoms with E-state index in [4.69, 9.17) is 4.74 Å². The predicted molar refractivity (Wildman–Crippen MR) is 116 cm³/mol. The van der Waals surface area contributed by atoms with Gasteiger partial charge in [0.1, 0.15) is 18.5 Å². The second kappa shape index (κ2) is 10.6. The number of nitro groups is 1. The van der Waals surface area contributed by atoms with Crippen molar-refractivity contribution in [3.05, 3.63) is 34.4 Å². The number of hydrogen-bond donors (Lipinski definition) is 2. The molecule has 0 amide bonds. The molecule has 1 unspecified atom stereocenters. The predicted octanol–water partition coefficient (Wildman–Crippen LogP) is 2.65. The number of halogens is 1. The number of aliphatic imine (C=N–C) groups is 1. The summed E-state index contributed by atoms with van der Waals surface area (Å²) in [6.07, 6.45) is 0.359. The monoisotopic (exact) mass is 492 g/mol. The van der Waals surface area contributed by atoms with Crippen LogP contribution in [-0.2, 0) is 0 Å². The maximum Gasteiger partial charge on any atom is 0.269 e. The molecule has 1 aliphatic rings. The topological polar surface area (TPSA) is 100 Å². The molecule has 9 heteroatoms. The maximum absolute atomic E-state index is 10.6. The zero-order valence-electron chi connectivity index (χ0n) is 16.1. The average molecular weight is 492 g/mol. The van der Waals surface area contributed by atoms with E-state index in [2.05, 4.69) is 29.1 Å². The summed E-state index contributed by atoms with van der Waals surface area (Å²) in [5, 5.41) is 24.0. The summed E-state index contributed by atoms with van der Waals surface area (Å²) in [4.78, 5) is 16.9. The van der Waals surface area contributed by atoms with Gasteiger partial charge in [-0.25, -0.2) is 0 Å². The van der Waals surface area contributed by atoms with Crippen LogP contribution in [0.1, 0.15) is 27.2 Å². The summed E-state index contributed by atoms with van der Waals surface area (Å²) < 4.78 is 5.48. The smallest absolute Gasteiger partial charge is 0.269 e. The minimum atomic E-state index is -0.755. The van der Waals surface area contributed by atoms with Gasteiger partial charge in [0.05, 0.1) is 11.5 Å². The Kier molecular flexibility index (Phi) is 9.23. The van der Waals surface area contributed by atoms with E-state index < -0.39 is 11.0 Å². The third-order valence-corrected chi connectivity index (χ3v) is 4.25. The minimum absolute atomic E-state index is 0. The van der Waals surface area contributed by atoms with Gasteiger partial charge in [-0.15, -0.1) is 24.0 Å². The lowest BCUT2D eigenvalue weighted by molar-refractivity contribution is -0.384. The molecule has 0 aliphatic carbocycles. The molecule has 0 saturated carbocycles. The molecule has 0 spiro atoms. The highest BCUT2D eigenvalue weighted by Gasteiger charge is 2.30. The quantitative estimate of drug-likeness (QED) is 0.200. The first-order valence-corrected chi connectivity index (χ1v) is 8.89. The van der Waals surface area contributed by atoms with Crippen molar-refractivity contribution in [3.63, 3.8) is 0 Å². The third kappa shape index (κ3) is 7.49. The van der Waals surface area contributed by atoms with Crippen LogP contribution >= 0.6 is 24.0 Å². The molecule has 1 saturated heterocycles. The van der Waals surface area contributed by atoms with Crippen LogP contribution in [-0.4, -0.2) is 59.8 Å². The zero-order chi connectivity index (χ0) is 19.2. The van der Waals surface area contributed by atoms with E-state index in [0.29, 0.717) is 5.75 Å². The van der Waals surface area contributed by atoms with Gasteiger partial charge in [-0.05, 0) is 30.9 Å². The Morgan fingerprint density at radius 1 is 1.44 bits per heavy atom. The SMILES string of the molecule is CCNC(=NCC(O)COc1ccc([N+](=O)[O-])cc1)N1CCC(C)(C)C1.I. The Bertz CT molecular complexity index is 637. The van der Waals surface area contributed by atoms with E-state index >= 15 is 0 Å². The number of rotatable bonds is 7. The van der Waals surface area contributed by atoms with Crippen molar-refractivity contribution < 1.29 is 14.8 Å². The lowest BCUT2D eigenvalue weighted by Crippen LogP contribution is -2.41. The van der Waals surface area contributed by atoms with Crippen LogP contribution in [0.5, 0.6) is 5.75 Å². The molecule has 1 heterocycles. The number of hydrogen-bond acceptors (Lipinski definition) is 5. The van der Waals surface area contributed by atoms with Crippen molar-refractivity contribution in [1.29, 1.82) is 0 Å². The number of nitrogens with one attached hydrogen (secondary N) is 1. The fraction of sp³-hybridized carbons (Fsp3) is 0.611. The molecule has 152 valence electrons. The lowest BCUT2D eigenvalue weighted by Gasteiger charge is -2.24. The van der Waals surface area contributed by atoms with E-state index in [1.54, 1.807) is 0 Å². The second-order valence-electron chi connectivity index (χ2n) is 7.25. The van der Waals surface area contributed by atoms with Gasteiger partial charge in [0.25, 0.3) is 5.69 Å². The highest BCUT2D eigenvalue weighted by Crippen LogP contribution is 2.28. The molecule has 8 nitrogen and oxygen atoms in total. The Morgan fingerprint density at radius 3 is 2.63 bits per heavy atom. The van der Waals surface area contributed by atoms with Crippen LogP contribution in [0, 0.1) is 15.5 Å². The van der Waals surface area contributed by atoms with Crippen molar-refractivity contribution in [3.8, 4) is 5.75 Å². The largest absolute Gasteiger partial charge is 0.491 e. The van der Waals surface area contributed by atoms with Gasteiger partial charge < -0.3 is 20.1 Å². The fourth-order valence-corrected chi connectivity index (χ4v) is 2.82. The number of benzene rings is 1. The van der Waals surface area contributed by atoms with Gasteiger partial charge in [-0.3, -0.25) is 15.1 Å². The minimum Gasteiger partial charge on any atom is -0.491 e. The van der Waals surface area contributed by atoms with Crippen LogP contribution in [0.25, 0.3) is 0 Å². The summed E-state index contributed by atoms with van der Waals surface area (Å²) in [5.41, 5.74) is 0.278. The number of aliphatic hydroxyl groups excluding tert-OH is 1. The van der Waals surface area contributed by atoms with Gasteiger partial charge in [0, 0.05) is 31.8 Å². The average Bonchev–Trinajstić information content (AvgIpc) is 2.96. The van der Waals surface area contributed by atoms with Crippen LogP contribution in [0.15, 0.2) is 29.3 Å². The lowest BCUT2D eigenvalue weighted by atomic mass is 9.93. The van der Waals surface area contributed by atoms with E-state index in [-0.39, 0.29) is 48.2 Å². The number of nitro benzene ring substituents is 1. The number of likely N-dealkylation sites (tertiary alicyclic amines) is 1. The molecule has 1 aromatic carbocycles. The first-order chi connectivity index (χ1) is 12.3. The van der Waals surface area contributed by atoms with Gasteiger partial charge in [-0.2, -0.15) is 0 Å². The van der Waals surface area contributed by atoms with E-state index in [0.717, 1.165) is 32.0 Å². The Balaban J connectivity index is 0.00000364. The normalized spacial score (nSPS) is 17.2. The maximum atomic E-state index is 10.6. The van der Waals surface area contributed by atoms with Crippen molar-refractivity contribution in [2.75, 3.05) is 32.8 Å². The summed E-state index contributed by atoms with van der Waals surface area (Å²) in [6, 6.07) is 5.78. The van der Waals surface area contributed by atoms with Gasteiger partial charge >= 0.3 is 0 Å².